The highest BCUT2D eigenvalue weighted by molar-refractivity contribution is 5.79. The van der Waals surface area contributed by atoms with E-state index in [1.807, 2.05) is 18.2 Å². The molecule has 2 fully saturated rings. The molecule has 2 aromatic rings. The van der Waals surface area contributed by atoms with E-state index >= 15 is 0 Å². The van der Waals surface area contributed by atoms with Crippen LogP contribution in [-0.2, 0) is 15.1 Å². The van der Waals surface area contributed by atoms with Crippen molar-refractivity contribution in [1.29, 1.82) is 0 Å². The van der Waals surface area contributed by atoms with Crippen molar-refractivity contribution in [3.8, 4) is 28.7 Å². The zero-order valence-corrected chi connectivity index (χ0v) is 21.2. The zero-order valence-electron chi connectivity index (χ0n) is 21.2. The van der Waals surface area contributed by atoms with Gasteiger partial charge in [0.15, 0.2) is 23.0 Å². The Bertz CT molecular complexity index is 1210. The van der Waals surface area contributed by atoms with E-state index in [2.05, 4.69) is 0 Å². The molecule has 4 aliphatic rings. The Balaban J connectivity index is 1.63. The highest BCUT2D eigenvalue weighted by Crippen LogP contribution is 2.62. The maximum absolute atomic E-state index is 13.4. The Morgan fingerprint density at radius 1 is 0.865 bits per heavy atom. The lowest BCUT2D eigenvalue weighted by Gasteiger charge is -2.54. The van der Waals surface area contributed by atoms with Crippen molar-refractivity contribution < 1.29 is 43.4 Å². The van der Waals surface area contributed by atoms with Crippen molar-refractivity contribution in [2.24, 2.45) is 11.8 Å². The minimum absolute atomic E-state index is 0.0110. The summed E-state index contributed by atoms with van der Waals surface area (Å²) in [4.78, 5) is 13.4. The maximum atomic E-state index is 13.4. The topological polar surface area (TPSA) is 113 Å². The summed E-state index contributed by atoms with van der Waals surface area (Å²) in [5, 5.41) is 24.7. The standard InChI is InChI=1S/C28H32O9/c1-32-21-9-15(10-22(33-2)25(21)34-3)23-16-11-19-20(37-14-36-19)12-17(16)28(31,18-13-35-26(29)24(18)23)27(30)7-5-4-6-8-27/h9-12,18,23-24,30-31H,4-8,13-14H2,1-3H3/t18-,23+,24+,28+/m0/s1. The first-order valence-corrected chi connectivity index (χ1v) is 12.7. The quantitative estimate of drug-likeness (QED) is 0.583. The van der Waals surface area contributed by atoms with Gasteiger partial charge in [-0.25, -0.2) is 0 Å². The lowest BCUT2D eigenvalue weighted by Crippen LogP contribution is -2.61. The van der Waals surface area contributed by atoms with Gasteiger partial charge in [0.1, 0.15) is 5.60 Å². The van der Waals surface area contributed by atoms with Crippen molar-refractivity contribution in [3.63, 3.8) is 0 Å². The second-order valence-corrected chi connectivity index (χ2v) is 10.4. The summed E-state index contributed by atoms with van der Waals surface area (Å²) in [6.07, 6.45) is 3.44. The Morgan fingerprint density at radius 3 is 2.14 bits per heavy atom. The summed E-state index contributed by atoms with van der Waals surface area (Å²) in [5.74, 6) is 0.0295. The van der Waals surface area contributed by atoms with Crippen LogP contribution in [0.2, 0.25) is 0 Å². The van der Waals surface area contributed by atoms with Crippen LogP contribution in [0.1, 0.15) is 54.7 Å². The molecule has 6 rings (SSSR count). The molecule has 2 heterocycles. The van der Waals surface area contributed by atoms with Crippen molar-refractivity contribution in [2.45, 2.75) is 49.2 Å². The molecular weight excluding hydrogens is 480 g/mol. The van der Waals surface area contributed by atoms with E-state index in [9.17, 15) is 15.0 Å². The summed E-state index contributed by atoms with van der Waals surface area (Å²) in [6.45, 7) is 0.0712. The molecule has 198 valence electrons. The summed E-state index contributed by atoms with van der Waals surface area (Å²) in [6, 6.07) is 7.24. The fourth-order valence-electron chi connectivity index (χ4n) is 7.00. The average molecular weight is 513 g/mol. The van der Waals surface area contributed by atoms with Gasteiger partial charge < -0.3 is 38.6 Å². The fourth-order valence-corrected chi connectivity index (χ4v) is 7.00. The van der Waals surface area contributed by atoms with Crippen LogP contribution in [0, 0.1) is 11.8 Å². The van der Waals surface area contributed by atoms with E-state index in [0.717, 1.165) is 24.8 Å². The van der Waals surface area contributed by atoms with E-state index in [1.165, 1.54) is 21.3 Å². The van der Waals surface area contributed by atoms with Crippen molar-refractivity contribution >= 4 is 5.97 Å². The maximum Gasteiger partial charge on any atom is 0.310 e. The smallest absolute Gasteiger partial charge is 0.310 e. The molecule has 2 aromatic carbocycles. The van der Waals surface area contributed by atoms with Crippen molar-refractivity contribution in [2.75, 3.05) is 34.7 Å². The molecule has 2 aliphatic carbocycles. The number of hydrogen-bond donors (Lipinski definition) is 2. The zero-order chi connectivity index (χ0) is 25.9. The second-order valence-electron chi connectivity index (χ2n) is 10.4. The third-order valence-corrected chi connectivity index (χ3v) is 8.73. The first-order chi connectivity index (χ1) is 17.9. The van der Waals surface area contributed by atoms with Crippen LogP contribution in [0.15, 0.2) is 24.3 Å². The first kappa shape index (κ1) is 24.2. The molecule has 9 nitrogen and oxygen atoms in total. The minimum atomic E-state index is -1.71. The molecule has 37 heavy (non-hydrogen) atoms. The highest BCUT2D eigenvalue weighted by atomic mass is 16.7. The summed E-state index contributed by atoms with van der Waals surface area (Å²) in [5.41, 5.74) is -1.16. The number of benzene rings is 2. The Kier molecular flexibility index (Phi) is 5.69. The monoisotopic (exact) mass is 512 g/mol. The third kappa shape index (κ3) is 3.33. The molecule has 2 N–H and O–H groups in total. The number of hydrogen-bond acceptors (Lipinski definition) is 9. The molecular formula is C28H32O9. The Morgan fingerprint density at radius 2 is 1.51 bits per heavy atom. The van der Waals surface area contributed by atoms with Crippen LogP contribution in [0.4, 0.5) is 0 Å². The molecule has 1 saturated carbocycles. The number of methoxy groups -OCH3 is 3. The van der Waals surface area contributed by atoms with Gasteiger partial charge in [-0.1, -0.05) is 19.3 Å². The number of fused-ring (bicyclic) bond motifs is 3. The van der Waals surface area contributed by atoms with Gasteiger partial charge in [-0.3, -0.25) is 4.79 Å². The van der Waals surface area contributed by atoms with E-state index in [0.29, 0.717) is 52.7 Å². The average Bonchev–Trinajstić information content (AvgIpc) is 3.54. The molecule has 0 radical (unpaired) electrons. The lowest BCUT2D eigenvalue weighted by molar-refractivity contribution is -0.213. The SMILES string of the molecule is COc1cc([C@@H]2c3cc4c(cc3[C@](O)(C3(O)CCCCC3)[C@H]3COC(=O)[C@@H]23)OCO4)cc(OC)c1OC. The van der Waals surface area contributed by atoms with Crippen LogP contribution < -0.4 is 23.7 Å². The molecule has 0 aromatic heterocycles. The predicted molar refractivity (Wildman–Crippen MR) is 130 cm³/mol. The van der Waals surface area contributed by atoms with Crippen LogP contribution in [0.25, 0.3) is 0 Å². The molecule has 0 spiro atoms. The van der Waals surface area contributed by atoms with E-state index in [-0.39, 0.29) is 13.4 Å². The minimum Gasteiger partial charge on any atom is -0.493 e. The van der Waals surface area contributed by atoms with E-state index in [1.54, 1.807) is 6.07 Å². The Labute approximate surface area is 215 Å². The van der Waals surface area contributed by atoms with Gasteiger partial charge in [0, 0.05) is 11.8 Å². The Hall–Kier alpha value is -3.17. The largest absolute Gasteiger partial charge is 0.493 e. The van der Waals surface area contributed by atoms with Crippen molar-refractivity contribution in [3.05, 3.63) is 41.0 Å². The second kappa shape index (κ2) is 8.70. The van der Waals surface area contributed by atoms with E-state index in [4.69, 9.17) is 28.4 Å². The predicted octanol–water partition coefficient (Wildman–Crippen LogP) is 3.26. The van der Waals surface area contributed by atoms with Crippen LogP contribution >= 0.6 is 0 Å². The van der Waals surface area contributed by atoms with Crippen molar-refractivity contribution in [1.82, 2.24) is 0 Å². The highest BCUT2D eigenvalue weighted by Gasteiger charge is 2.66. The third-order valence-electron chi connectivity index (χ3n) is 8.73. The normalized spacial score (nSPS) is 29.2. The molecule has 0 amide bonds. The molecule has 0 bridgehead atoms. The number of cyclic esters (lactones) is 1. The number of esters is 1. The molecule has 1 saturated heterocycles. The van der Waals surface area contributed by atoms with Gasteiger partial charge in [0.2, 0.25) is 12.5 Å². The van der Waals surface area contributed by atoms with Crippen LogP contribution in [-0.4, -0.2) is 56.5 Å². The first-order valence-electron chi connectivity index (χ1n) is 12.7. The van der Waals surface area contributed by atoms with Gasteiger partial charge in [-0.15, -0.1) is 0 Å². The number of carbonyl (C=O) groups is 1. The fraction of sp³-hybridized carbons (Fsp3) is 0.536. The van der Waals surface area contributed by atoms with Gasteiger partial charge in [0.25, 0.3) is 0 Å². The van der Waals surface area contributed by atoms with Gasteiger partial charge >= 0.3 is 5.97 Å². The summed E-state index contributed by atoms with van der Waals surface area (Å²) < 4.78 is 33.7. The number of aliphatic hydroxyl groups is 2. The number of ether oxygens (including phenoxy) is 6. The molecule has 9 heteroatoms. The lowest BCUT2D eigenvalue weighted by atomic mass is 9.54. The summed E-state index contributed by atoms with van der Waals surface area (Å²) in [7, 11) is 4.61. The van der Waals surface area contributed by atoms with E-state index < -0.39 is 34.9 Å². The van der Waals surface area contributed by atoms with Gasteiger partial charge in [0.05, 0.1) is 39.5 Å². The number of rotatable bonds is 5. The van der Waals surface area contributed by atoms with Crippen LogP contribution in [0.3, 0.4) is 0 Å². The molecule has 0 unspecified atom stereocenters. The van der Waals surface area contributed by atoms with Gasteiger partial charge in [-0.05, 0) is 53.8 Å². The van der Waals surface area contributed by atoms with Crippen LogP contribution in [0.5, 0.6) is 28.7 Å². The number of carbonyl (C=O) groups excluding carboxylic acids is 1. The van der Waals surface area contributed by atoms with Gasteiger partial charge in [-0.2, -0.15) is 0 Å². The summed E-state index contributed by atoms with van der Waals surface area (Å²) >= 11 is 0. The molecule has 2 aliphatic heterocycles. The molecule has 4 atom stereocenters.